The topological polar surface area (TPSA) is 525 Å². The summed E-state index contributed by atoms with van der Waals surface area (Å²) in [5, 5.41) is 30.6. The van der Waals surface area contributed by atoms with E-state index in [9.17, 15) is 57.8 Å². The van der Waals surface area contributed by atoms with E-state index in [1.54, 1.807) is 55.4 Å². The smallest absolute Gasteiger partial charge is 0.303 e. The van der Waals surface area contributed by atoms with E-state index in [0.29, 0.717) is 31.5 Å². The Morgan fingerprint density at radius 1 is 0.710 bits per heavy atom. The summed E-state index contributed by atoms with van der Waals surface area (Å²) in [5.74, 6) is -11.9. The molecule has 10 amide bonds. The highest BCUT2D eigenvalue weighted by molar-refractivity contribution is 6.51. The molecule has 0 saturated carbocycles. The van der Waals surface area contributed by atoms with Gasteiger partial charge in [-0.1, -0.05) is 74.0 Å². The standard InChI is InChI=1S/C61H100N20O12/c1-10-37(8)49(81-55(89)42(18-11-14-24-62)73-50(84)39(63)31-38-32-68-33-72-38)59(93)80-47(30-36(6)7)57(91)76-40-19-12-15-25-70-61(66)71-26-16-13-20-41(53(87)77-44(51(85)67-9)22-23-48(82)83)75-56(90)45(28-34(2)3)79-58(92)46(29-35(4)5)78-54(88)43(74-52(40)86)21-17-27-69-60(64)65/h19-20,32-37,39,42,44,47,49H,10-18,21-31,62-63H2,1-9H3,(H,67,85)(H,68,72)(H,73,84)(H,75,90)(H,76,91)(H,77,87)(H,80,93)(H,81,89)(H,82,83)(H4,64,65,69)(H3,66,70,71)/b40-19-,41-20-,74-43?,78-46?,79-45?. The fourth-order valence-electron chi connectivity index (χ4n) is 8.96. The van der Waals surface area contributed by atoms with Gasteiger partial charge in [-0.25, -0.2) is 20.0 Å². The van der Waals surface area contributed by atoms with Crippen molar-refractivity contribution in [3.8, 4) is 0 Å². The first kappa shape index (κ1) is 80.0. The Bertz CT molecular complexity index is 2930. The molecule has 0 aromatic carbocycles. The molecule has 0 radical (unpaired) electrons. The lowest BCUT2D eigenvalue weighted by Gasteiger charge is -2.29. The van der Waals surface area contributed by atoms with Crippen LogP contribution in [0.5, 0.6) is 0 Å². The summed E-state index contributed by atoms with van der Waals surface area (Å²) in [6, 6.07) is -6.07. The maximum absolute atomic E-state index is 14.7. The van der Waals surface area contributed by atoms with Crippen LogP contribution in [0, 0.1) is 23.7 Å². The Morgan fingerprint density at radius 2 is 1.34 bits per heavy atom. The molecule has 0 spiro atoms. The lowest BCUT2D eigenvalue weighted by Crippen LogP contribution is -2.59. The lowest BCUT2D eigenvalue weighted by atomic mass is 9.96. The van der Waals surface area contributed by atoms with Gasteiger partial charge in [-0.2, -0.15) is 0 Å². The number of aliphatic carboxylic acids is 1. The second-order valence-electron chi connectivity index (χ2n) is 23.7. The number of nitrogens with zero attached hydrogens (tertiary/aromatic N) is 6. The van der Waals surface area contributed by atoms with Crippen LogP contribution in [-0.2, 0) is 59.2 Å². The van der Waals surface area contributed by atoms with Crippen molar-refractivity contribution in [3.05, 3.63) is 41.8 Å². The molecule has 516 valence electrons. The molecule has 1 aromatic rings. The molecule has 2 heterocycles. The van der Waals surface area contributed by atoms with Crippen molar-refractivity contribution in [3.63, 3.8) is 0 Å². The van der Waals surface area contributed by atoms with Gasteiger partial charge in [0.05, 0.1) is 12.4 Å². The van der Waals surface area contributed by atoms with Crippen molar-refractivity contribution in [1.82, 2.24) is 52.5 Å². The normalized spacial score (nSPS) is 17.4. The summed E-state index contributed by atoms with van der Waals surface area (Å²) in [5.41, 5.74) is 27.9. The van der Waals surface area contributed by atoms with Gasteiger partial charge in [0.15, 0.2) is 11.9 Å². The maximum Gasteiger partial charge on any atom is 0.303 e. The number of carboxylic acid groups (broad SMARTS) is 1. The lowest BCUT2D eigenvalue weighted by molar-refractivity contribution is -0.138. The van der Waals surface area contributed by atoms with Crippen molar-refractivity contribution >= 4 is 94.1 Å². The zero-order valence-corrected chi connectivity index (χ0v) is 55.2. The average Bonchev–Trinajstić information content (AvgIpc) is 1.33. The highest BCUT2D eigenvalue weighted by atomic mass is 16.4. The van der Waals surface area contributed by atoms with Crippen LogP contribution in [0.3, 0.4) is 0 Å². The van der Waals surface area contributed by atoms with Crippen LogP contribution in [0.4, 0.5) is 0 Å². The zero-order valence-electron chi connectivity index (χ0n) is 55.2. The van der Waals surface area contributed by atoms with E-state index in [4.69, 9.17) is 28.7 Å². The van der Waals surface area contributed by atoms with Gasteiger partial charge in [0.2, 0.25) is 29.5 Å². The van der Waals surface area contributed by atoms with E-state index in [2.05, 4.69) is 77.5 Å². The Hall–Kier alpha value is -9.07. The molecule has 1 aliphatic rings. The fourth-order valence-corrected chi connectivity index (χ4v) is 8.96. The number of likely N-dealkylation sites (N-methyl/N-ethyl adjacent to an activating group) is 1. The predicted octanol–water partition coefficient (Wildman–Crippen LogP) is -0.422. The number of unbranched alkanes of at least 4 members (excludes halogenated alkanes) is 1. The molecule has 0 fully saturated rings. The molecule has 32 nitrogen and oxygen atoms in total. The molecule has 1 aromatic heterocycles. The number of carbonyl (C=O) groups is 11. The highest BCUT2D eigenvalue weighted by Crippen LogP contribution is 2.16. The molecule has 0 bridgehead atoms. The zero-order chi connectivity index (χ0) is 69.7. The van der Waals surface area contributed by atoms with Gasteiger partial charge in [-0.15, -0.1) is 0 Å². The first-order valence-corrected chi connectivity index (χ1v) is 31.6. The minimum absolute atomic E-state index is 0.0131. The number of aromatic amines is 1. The highest BCUT2D eigenvalue weighted by Gasteiger charge is 2.34. The number of H-pyrrole nitrogens is 1. The number of nitrogens with two attached hydrogens (primary N) is 5. The minimum atomic E-state index is -1.34. The molecule has 2 rings (SSSR count). The van der Waals surface area contributed by atoms with Crippen LogP contribution < -0.4 is 71.2 Å². The molecular formula is C61H100N20O12. The van der Waals surface area contributed by atoms with Gasteiger partial charge < -0.3 is 81.3 Å². The Balaban J connectivity index is 2.81. The quantitative estimate of drug-likeness (QED) is 0.0247. The van der Waals surface area contributed by atoms with Crippen LogP contribution in [0.25, 0.3) is 0 Å². The fraction of sp³-hybridized carbons (Fsp3) is 0.623. The third-order valence-corrected chi connectivity index (χ3v) is 14.1. The van der Waals surface area contributed by atoms with Crippen molar-refractivity contribution < 1.29 is 57.8 Å². The Kier molecular flexibility index (Phi) is 36.9. The summed E-state index contributed by atoms with van der Waals surface area (Å²) in [7, 11) is 1.30. The number of carboxylic acids is 1. The van der Waals surface area contributed by atoms with Gasteiger partial charge >= 0.3 is 5.97 Å². The summed E-state index contributed by atoms with van der Waals surface area (Å²) < 4.78 is 0. The van der Waals surface area contributed by atoms with E-state index in [-0.39, 0.29) is 138 Å². The number of guanidine groups is 2. The summed E-state index contributed by atoms with van der Waals surface area (Å²) in [6.07, 6.45) is 6.69. The SMILES string of the molecule is CCC(C)C(NC(=O)C(CCCCN)NC(=O)C(N)Cc1cnc[nH]1)C(=O)NC(CC(C)C)C(=O)N/C1=C\CCCNC(N)=NCCC/C=C(/C(=O)NC(CCC(=O)O)C(=O)NC)NC(=O)C(CC(C)C)=NC(=O)C(CC(C)C)=NC(=O)C(CCCN=C(N)N)=NC1=O. The Morgan fingerprint density at radius 3 is 1.96 bits per heavy atom. The number of nitrogens with one attached hydrogen (secondary N) is 9. The maximum atomic E-state index is 14.7. The van der Waals surface area contributed by atoms with E-state index in [0.717, 1.165) is 0 Å². The average molecular weight is 1310 g/mol. The third-order valence-electron chi connectivity index (χ3n) is 14.1. The number of hydrogen-bond donors (Lipinski definition) is 15. The number of amides is 10. The van der Waals surface area contributed by atoms with Crippen molar-refractivity contribution in [2.24, 2.45) is 77.3 Å². The summed E-state index contributed by atoms with van der Waals surface area (Å²) in [4.78, 5) is 180. The first-order chi connectivity index (χ1) is 44.0. The second-order valence-corrected chi connectivity index (χ2v) is 23.7. The monoisotopic (exact) mass is 1300 g/mol. The van der Waals surface area contributed by atoms with Crippen LogP contribution in [0.1, 0.15) is 157 Å². The molecular weight excluding hydrogens is 1200 g/mol. The van der Waals surface area contributed by atoms with Crippen molar-refractivity contribution in [2.45, 2.75) is 188 Å². The predicted molar refractivity (Wildman–Crippen MR) is 352 cm³/mol. The van der Waals surface area contributed by atoms with E-state index in [1.165, 1.54) is 31.7 Å². The largest absolute Gasteiger partial charge is 0.481 e. The van der Waals surface area contributed by atoms with Gasteiger partial charge in [0.1, 0.15) is 52.7 Å². The van der Waals surface area contributed by atoms with Crippen LogP contribution >= 0.6 is 0 Å². The van der Waals surface area contributed by atoms with Gasteiger partial charge in [-0.05, 0) is 114 Å². The van der Waals surface area contributed by atoms with Gasteiger partial charge in [-0.3, -0.25) is 62.7 Å². The van der Waals surface area contributed by atoms with Gasteiger partial charge in [0, 0.05) is 51.4 Å². The molecule has 6 atom stereocenters. The van der Waals surface area contributed by atoms with E-state index in [1.807, 2.05) is 0 Å². The Labute approximate surface area is 543 Å². The molecule has 0 aliphatic carbocycles. The number of aromatic nitrogens is 2. The third kappa shape index (κ3) is 31.7. The number of carbonyl (C=O) groups excluding carboxylic acids is 10. The number of allylic oxidation sites excluding steroid dienone is 2. The first-order valence-electron chi connectivity index (χ1n) is 31.6. The molecule has 6 unspecified atom stereocenters. The van der Waals surface area contributed by atoms with Crippen LogP contribution in [0.15, 0.2) is 61.0 Å². The molecule has 1 aliphatic heterocycles. The number of aliphatic imine (C=N–C) groups is 5. The second kappa shape index (κ2) is 42.9. The number of imidazole rings is 1. The molecule has 0 saturated heterocycles. The van der Waals surface area contributed by atoms with Crippen molar-refractivity contribution in [1.29, 1.82) is 0 Å². The van der Waals surface area contributed by atoms with Gasteiger partial charge in [0.25, 0.3) is 29.5 Å². The summed E-state index contributed by atoms with van der Waals surface area (Å²) in [6.45, 7) is 14.6. The van der Waals surface area contributed by atoms with Crippen LogP contribution in [-0.4, -0.2) is 173 Å². The van der Waals surface area contributed by atoms with E-state index < -0.39 is 125 Å². The molecule has 32 heteroatoms. The number of rotatable bonds is 32. The van der Waals surface area contributed by atoms with Crippen LogP contribution in [0.2, 0.25) is 0 Å². The summed E-state index contributed by atoms with van der Waals surface area (Å²) >= 11 is 0. The molecule has 20 N–H and O–H groups in total. The van der Waals surface area contributed by atoms with E-state index >= 15 is 0 Å². The van der Waals surface area contributed by atoms with Crippen molar-refractivity contribution in [2.75, 3.05) is 33.2 Å². The minimum Gasteiger partial charge on any atom is -0.481 e. The molecule has 93 heavy (non-hydrogen) atoms. The number of hydrogen-bond acceptors (Lipinski definition) is 18.